The summed E-state index contributed by atoms with van der Waals surface area (Å²) in [6.07, 6.45) is 2.47. The summed E-state index contributed by atoms with van der Waals surface area (Å²) in [7, 11) is 2.45. The molecule has 60 valence electrons. The molecule has 0 spiro atoms. The van der Waals surface area contributed by atoms with Crippen LogP contribution in [0, 0.1) is 0 Å². The van der Waals surface area contributed by atoms with Crippen LogP contribution < -0.4 is 5.32 Å². The quantitative estimate of drug-likeness (QED) is 0.443. The molecule has 0 rings (SSSR count). The van der Waals surface area contributed by atoms with Crippen LogP contribution in [0.2, 0.25) is 6.04 Å². The van der Waals surface area contributed by atoms with Crippen molar-refractivity contribution >= 4 is 9.76 Å². The molecule has 1 N–H and O–H groups in total. The van der Waals surface area contributed by atoms with Crippen molar-refractivity contribution in [2.24, 2.45) is 0 Å². The second-order valence-electron chi connectivity index (χ2n) is 2.20. The second-order valence-corrected chi connectivity index (χ2v) is 3.40. The van der Waals surface area contributed by atoms with Crippen LogP contribution >= 0.6 is 0 Å². The van der Waals surface area contributed by atoms with Crippen LogP contribution in [0.4, 0.5) is 0 Å². The van der Waals surface area contributed by atoms with Gasteiger partial charge in [0, 0.05) is 7.11 Å². The van der Waals surface area contributed by atoms with E-state index in [2.05, 4.69) is 12.2 Å². The van der Waals surface area contributed by atoms with Gasteiger partial charge in [-0.25, -0.2) is 0 Å². The zero-order chi connectivity index (χ0) is 7.66. The van der Waals surface area contributed by atoms with Crippen molar-refractivity contribution in [3.63, 3.8) is 0 Å². The van der Waals surface area contributed by atoms with E-state index in [1.165, 1.54) is 18.9 Å². The molecule has 2 nitrogen and oxygen atoms in total. The molecule has 0 bridgehead atoms. The molecule has 0 saturated heterocycles. The molecule has 0 heterocycles. The zero-order valence-electron chi connectivity index (χ0n) is 6.94. The molecule has 0 aliphatic rings. The third-order valence-electron chi connectivity index (χ3n) is 1.20. The van der Waals surface area contributed by atoms with E-state index in [1.807, 2.05) is 0 Å². The highest BCUT2D eigenvalue weighted by Gasteiger charge is 1.88. The van der Waals surface area contributed by atoms with Crippen LogP contribution in [0.5, 0.6) is 0 Å². The van der Waals surface area contributed by atoms with Crippen molar-refractivity contribution in [2.75, 3.05) is 20.2 Å². The summed E-state index contributed by atoms with van der Waals surface area (Å²) < 4.78 is 4.95. The van der Waals surface area contributed by atoms with E-state index < -0.39 is 0 Å². The standard InChI is InChI=1S/C7H17NOSi/c1-3-5-8-6-4-7-10-9-2/h8H,3-7H2,1-2H3. The molecule has 0 aromatic rings. The maximum atomic E-state index is 4.95. The Morgan fingerprint density at radius 2 is 2.20 bits per heavy atom. The van der Waals surface area contributed by atoms with Gasteiger partial charge in [0.25, 0.3) is 0 Å². The SMILES string of the molecule is CCCNCCC[Si]OC. The van der Waals surface area contributed by atoms with Gasteiger partial charge in [-0.05, 0) is 32.0 Å². The molecule has 0 aliphatic carbocycles. The van der Waals surface area contributed by atoms with Crippen molar-refractivity contribution in [1.82, 2.24) is 5.32 Å². The third-order valence-corrected chi connectivity index (χ3v) is 2.05. The average molecular weight is 159 g/mol. The largest absolute Gasteiger partial charge is 0.421 e. The van der Waals surface area contributed by atoms with E-state index in [9.17, 15) is 0 Å². The van der Waals surface area contributed by atoms with Crippen molar-refractivity contribution < 1.29 is 4.43 Å². The van der Waals surface area contributed by atoms with E-state index in [4.69, 9.17) is 4.43 Å². The summed E-state index contributed by atoms with van der Waals surface area (Å²) in [6.45, 7) is 4.48. The summed E-state index contributed by atoms with van der Waals surface area (Å²) in [5.74, 6) is 0. The van der Waals surface area contributed by atoms with Gasteiger partial charge in [0.2, 0.25) is 9.76 Å². The molecule has 0 unspecified atom stereocenters. The van der Waals surface area contributed by atoms with Crippen LogP contribution in [0.3, 0.4) is 0 Å². The molecule has 3 heteroatoms. The lowest BCUT2D eigenvalue weighted by atomic mass is 10.4. The molecule has 0 atom stereocenters. The third kappa shape index (κ3) is 8.14. The lowest BCUT2D eigenvalue weighted by Crippen LogP contribution is -2.16. The highest BCUT2D eigenvalue weighted by Crippen LogP contribution is 1.85. The molecule has 2 radical (unpaired) electrons. The van der Waals surface area contributed by atoms with Gasteiger partial charge in [0.15, 0.2) is 0 Å². The zero-order valence-corrected chi connectivity index (χ0v) is 7.94. The number of nitrogens with one attached hydrogen (secondary N) is 1. The fraction of sp³-hybridized carbons (Fsp3) is 1.00. The molecular formula is C7H17NOSi. The highest BCUT2D eigenvalue weighted by molar-refractivity contribution is 6.26. The average Bonchev–Trinajstić information content (AvgIpc) is 1.97. The predicted molar refractivity (Wildman–Crippen MR) is 45.3 cm³/mol. The van der Waals surface area contributed by atoms with Gasteiger partial charge in [0.1, 0.15) is 0 Å². The van der Waals surface area contributed by atoms with Gasteiger partial charge in [-0.15, -0.1) is 0 Å². The van der Waals surface area contributed by atoms with Crippen molar-refractivity contribution in [1.29, 1.82) is 0 Å². The van der Waals surface area contributed by atoms with Gasteiger partial charge in [0.05, 0.1) is 0 Å². The van der Waals surface area contributed by atoms with Gasteiger partial charge >= 0.3 is 0 Å². The van der Waals surface area contributed by atoms with Gasteiger partial charge in [-0.1, -0.05) is 6.92 Å². The van der Waals surface area contributed by atoms with E-state index in [0.29, 0.717) is 9.76 Å². The van der Waals surface area contributed by atoms with Gasteiger partial charge in [-0.3, -0.25) is 0 Å². The van der Waals surface area contributed by atoms with Crippen LogP contribution in [-0.2, 0) is 4.43 Å². The van der Waals surface area contributed by atoms with E-state index in [0.717, 1.165) is 13.1 Å². The number of hydrogen-bond acceptors (Lipinski definition) is 2. The van der Waals surface area contributed by atoms with E-state index in [1.54, 1.807) is 7.11 Å². The Balaban J connectivity index is 2.65. The molecule has 10 heavy (non-hydrogen) atoms. The van der Waals surface area contributed by atoms with Crippen molar-refractivity contribution in [3.05, 3.63) is 0 Å². The summed E-state index contributed by atoms with van der Waals surface area (Å²) in [5.41, 5.74) is 0. The van der Waals surface area contributed by atoms with E-state index in [-0.39, 0.29) is 0 Å². The predicted octanol–water partition coefficient (Wildman–Crippen LogP) is 1.06. The summed E-state index contributed by atoms with van der Waals surface area (Å²) in [5, 5.41) is 3.34. The Labute approximate surface area is 66.3 Å². The maximum Gasteiger partial charge on any atom is 0.229 e. The first kappa shape index (κ1) is 10.1. The monoisotopic (exact) mass is 159 g/mol. The molecular weight excluding hydrogens is 142 g/mol. The van der Waals surface area contributed by atoms with Gasteiger partial charge in [-0.2, -0.15) is 0 Å². The maximum absolute atomic E-state index is 4.95. The first-order chi connectivity index (χ1) is 4.91. The Bertz CT molecular complexity index is 53.6. The normalized spacial score (nSPS) is 10.2. The first-order valence-corrected chi connectivity index (χ1v) is 5.00. The molecule has 0 amide bonds. The summed E-state index contributed by atoms with van der Waals surface area (Å²) >= 11 is 0. The van der Waals surface area contributed by atoms with Gasteiger partial charge < -0.3 is 9.74 Å². The lowest BCUT2D eigenvalue weighted by molar-refractivity contribution is 0.439. The van der Waals surface area contributed by atoms with Crippen LogP contribution in [0.15, 0.2) is 0 Å². The highest BCUT2D eigenvalue weighted by atomic mass is 28.2. The Hall–Kier alpha value is 0.137. The molecule has 0 saturated carbocycles. The van der Waals surface area contributed by atoms with Crippen molar-refractivity contribution in [2.45, 2.75) is 25.8 Å². The topological polar surface area (TPSA) is 21.3 Å². The minimum Gasteiger partial charge on any atom is -0.421 e. The molecule has 0 aromatic carbocycles. The number of rotatable bonds is 7. The molecule has 0 aromatic heterocycles. The second kappa shape index (κ2) is 9.14. The van der Waals surface area contributed by atoms with E-state index >= 15 is 0 Å². The Morgan fingerprint density at radius 3 is 2.80 bits per heavy atom. The number of hydrogen-bond donors (Lipinski definition) is 1. The molecule has 0 aliphatic heterocycles. The minimum absolute atomic E-state index is 0.687. The lowest BCUT2D eigenvalue weighted by Gasteiger charge is -2.00. The van der Waals surface area contributed by atoms with Crippen LogP contribution in [-0.4, -0.2) is 30.0 Å². The Morgan fingerprint density at radius 1 is 1.40 bits per heavy atom. The fourth-order valence-corrected chi connectivity index (χ4v) is 1.21. The minimum atomic E-state index is 0.687. The summed E-state index contributed by atoms with van der Waals surface area (Å²) in [6, 6.07) is 1.20. The van der Waals surface area contributed by atoms with Crippen LogP contribution in [0.1, 0.15) is 19.8 Å². The van der Waals surface area contributed by atoms with Crippen LogP contribution in [0.25, 0.3) is 0 Å². The first-order valence-electron chi connectivity index (χ1n) is 3.88. The molecule has 0 fully saturated rings. The Kier molecular flexibility index (Phi) is 9.26. The van der Waals surface area contributed by atoms with Crippen molar-refractivity contribution in [3.8, 4) is 0 Å². The summed E-state index contributed by atoms with van der Waals surface area (Å²) in [4.78, 5) is 0. The smallest absolute Gasteiger partial charge is 0.229 e. The fourth-order valence-electron chi connectivity index (χ4n) is 0.689.